The quantitative estimate of drug-likeness (QED) is 0.714. The molecule has 1 aromatic carbocycles. The third-order valence-corrected chi connectivity index (χ3v) is 1.57. The molecule has 66 valence electrons. The zero-order chi connectivity index (χ0) is 8.97. The minimum atomic E-state index is -0.206. The second-order valence-electron chi connectivity index (χ2n) is 2.34. The fraction of sp³-hybridized carbons (Fsp3) is 0.333. The van der Waals surface area contributed by atoms with Crippen LogP contribution in [0.15, 0.2) is 18.2 Å². The smallest absolute Gasteiger partial charge is 0.128 e. The summed E-state index contributed by atoms with van der Waals surface area (Å²) >= 11 is 0. The Labute approximate surface area is 71.2 Å². The summed E-state index contributed by atoms with van der Waals surface area (Å²) in [7, 11) is 0. The van der Waals surface area contributed by atoms with Crippen LogP contribution in [0.4, 0.5) is 0 Å². The van der Waals surface area contributed by atoms with Crippen molar-refractivity contribution in [1.82, 2.24) is 0 Å². The van der Waals surface area contributed by atoms with Gasteiger partial charge in [0, 0.05) is 0 Å². The number of phenols is 1. The van der Waals surface area contributed by atoms with E-state index in [9.17, 15) is 5.11 Å². The monoisotopic (exact) mass is 168 g/mol. The van der Waals surface area contributed by atoms with Crippen LogP contribution < -0.4 is 4.74 Å². The first-order chi connectivity index (χ1) is 5.79. The molecule has 1 rings (SSSR count). The molecule has 0 aliphatic carbocycles. The molecule has 0 bridgehead atoms. The van der Waals surface area contributed by atoms with Crippen molar-refractivity contribution in [2.75, 3.05) is 6.61 Å². The van der Waals surface area contributed by atoms with Gasteiger partial charge in [0.2, 0.25) is 0 Å². The van der Waals surface area contributed by atoms with Crippen LogP contribution in [0.1, 0.15) is 12.5 Å². The average Bonchev–Trinajstić information content (AvgIpc) is 2.05. The molecule has 1 aromatic rings. The van der Waals surface area contributed by atoms with Gasteiger partial charge in [-0.05, 0) is 19.1 Å². The van der Waals surface area contributed by atoms with Gasteiger partial charge in [-0.2, -0.15) is 0 Å². The summed E-state index contributed by atoms with van der Waals surface area (Å²) < 4.78 is 5.19. The second-order valence-corrected chi connectivity index (χ2v) is 2.34. The standard InChI is InChI=1S/C9H12O3/c1-2-12-9-5-3-4-8(11)7(9)6-10/h3-5,10-11H,2,6H2,1H3. The molecule has 0 radical (unpaired) electrons. The molecule has 0 heterocycles. The van der Waals surface area contributed by atoms with Crippen LogP contribution in [-0.4, -0.2) is 16.8 Å². The molecule has 0 aliphatic heterocycles. The lowest BCUT2D eigenvalue weighted by Crippen LogP contribution is -1.96. The van der Waals surface area contributed by atoms with Crippen molar-refractivity contribution in [1.29, 1.82) is 0 Å². The van der Waals surface area contributed by atoms with Gasteiger partial charge in [-0.1, -0.05) is 6.07 Å². The van der Waals surface area contributed by atoms with E-state index in [-0.39, 0.29) is 12.4 Å². The van der Waals surface area contributed by atoms with Crippen LogP contribution in [0, 0.1) is 0 Å². The normalized spacial score (nSPS) is 9.83. The van der Waals surface area contributed by atoms with Crippen LogP contribution in [0.5, 0.6) is 11.5 Å². The van der Waals surface area contributed by atoms with E-state index < -0.39 is 0 Å². The number of ether oxygens (including phenoxy) is 1. The highest BCUT2D eigenvalue weighted by molar-refractivity contribution is 5.43. The van der Waals surface area contributed by atoms with Crippen LogP contribution in [-0.2, 0) is 6.61 Å². The summed E-state index contributed by atoms with van der Waals surface area (Å²) in [6.07, 6.45) is 0. The lowest BCUT2D eigenvalue weighted by molar-refractivity contribution is 0.260. The summed E-state index contributed by atoms with van der Waals surface area (Å²) in [5, 5.41) is 18.2. The summed E-state index contributed by atoms with van der Waals surface area (Å²) in [6.45, 7) is 2.17. The molecule has 3 heteroatoms. The van der Waals surface area contributed by atoms with Gasteiger partial charge in [0.15, 0.2) is 0 Å². The Hall–Kier alpha value is -1.22. The zero-order valence-corrected chi connectivity index (χ0v) is 6.95. The van der Waals surface area contributed by atoms with Gasteiger partial charge in [-0.25, -0.2) is 0 Å². The number of aromatic hydroxyl groups is 1. The number of hydrogen-bond acceptors (Lipinski definition) is 3. The van der Waals surface area contributed by atoms with Crippen molar-refractivity contribution in [3.8, 4) is 11.5 Å². The van der Waals surface area contributed by atoms with Crippen molar-refractivity contribution in [3.05, 3.63) is 23.8 Å². The SMILES string of the molecule is CCOc1cccc(O)c1CO. The Kier molecular flexibility index (Phi) is 2.94. The summed E-state index contributed by atoms with van der Waals surface area (Å²) in [4.78, 5) is 0. The molecule has 12 heavy (non-hydrogen) atoms. The molecule has 0 aliphatic rings. The highest BCUT2D eigenvalue weighted by Crippen LogP contribution is 2.26. The van der Waals surface area contributed by atoms with Gasteiger partial charge >= 0.3 is 0 Å². The van der Waals surface area contributed by atoms with E-state index in [1.54, 1.807) is 12.1 Å². The predicted octanol–water partition coefficient (Wildman–Crippen LogP) is 1.28. The van der Waals surface area contributed by atoms with E-state index in [4.69, 9.17) is 9.84 Å². The van der Waals surface area contributed by atoms with E-state index in [0.717, 1.165) is 0 Å². The van der Waals surface area contributed by atoms with Crippen molar-refractivity contribution in [2.24, 2.45) is 0 Å². The second kappa shape index (κ2) is 3.97. The first-order valence-electron chi connectivity index (χ1n) is 3.84. The molecule has 0 saturated heterocycles. The van der Waals surface area contributed by atoms with Gasteiger partial charge in [-0.15, -0.1) is 0 Å². The van der Waals surface area contributed by atoms with Crippen LogP contribution in [0.25, 0.3) is 0 Å². The number of hydrogen-bond donors (Lipinski definition) is 2. The molecule has 3 nitrogen and oxygen atoms in total. The fourth-order valence-corrected chi connectivity index (χ4v) is 1.00. The third-order valence-electron chi connectivity index (χ3n) is 1.57. The van der Waals surface area contributed by atoms with E-state index >= 15 is 0 Å². The minimum Gasteiger partial charge on any atom is -0.507 e. The maximum Gasteiger partial charge on any atom is 0.128 e. The molecule has 0 unspecified atom stereocenters. The lowest BCUT2D eigenvalue weighted by atomic mass is 10.2. The first-order valence-corrected chi connectivity index (χ1v) is 3.84. The molecule has 2 N–H and O–H groups in total. The number of rotatable bonds is 3. The number of aliphatic hydroxyl groups excluding tert-OH is 1. The first kappa shape index (κ1) is 8.87. The third kappa shape index (κ3) is 1.68. The zero-order valence-electron chi connectivity index (χ0n) is 6.95. The van der Waals surface area contributed by atoms with Gasteiger partial charge < -0.3 is 14.9 Å². The van der Waals surface area contributed by atoms with E-state index in [2.05, 4.69) is 0 Å². The summed E-state index contributed by atoms with van der Waals surface area (Å²) in [6, 6.07) is 4.92. The summed E-state index contributed by atoms with van der Waals surface area (Å²) in [5.74, 6) is 0.614. The Morgan fingerprint density at radius 2 is 2.17 bits per heavy atom. The van der Waals surface area contributed by atoms with Crippen molar-refractivity contribution in [3.63, 3.8) is 0 Å². The molecule has 0 fully saturated rings. The minimum absolute atomic E-state index is 0.0726. The average molecular weight is 168 g/mol. The molecule has 0 spiro atoms. The topological polar surface area (TPSA) is 49.7 Å². The predicted molar refractivity (Wildman–Crippen MR) is 45.2 cm³/mol. The highest BCUT2D eigenvalue weighted by Gasteiger charge is 2.05. The van der Waals surface area contributed by atoms with E-state index in [0.29, 0.717) is 17.9 Å². The maximum atomic E-state index is 9.28. The van der Waals surface area contributed by atoms with Crippen LogP contribution >= 0.6 is 0 Å². The van der Waals surface area contributed by atoms with Gasteiger partial charge in [0.25, 0.3) is 0 Å². The Morgan fingerprint density at radius 1 is 1.42 bits per heavy atom. The van der Waals surface area contributed by atoms with Gasteiger partial charge in [0.05, 0.1) is 18.8 Å². The van der Waals surface area contributed by atoms with Crippen LogP contribution in [0.2, 0.25) is 0 Å². The van der Waals surface area contributed by atoms with E-state index in [1.807, 2.05) is 6.92 Å². The molecule has 0 saturated carbocycles. The van der Waals surface area contributed by atoms with Crippen LogP contribution in [0.3, 0.4) is 0 Å². The summed E-state index contributed by atoms with van der Waals surface area (Å²) in [5.41, 5.74) is 0.444. The Morgan fingerprint density at radius 3 is 2.75 bits per heavy atom. The van der Waals surface area contributed by atoms with E-state index in [1.165, 1.54) is 6.07 Å². The molecule has 0 aromatic heterocycles. The molecule has 0 amide bonds. The van der Waals surface area contributed by atoms with Crippen molar-refractivity contribution in [2.45, 2.75) is 13.5 Å². The fourth-order valence-electron chi connectivity index (χ4n) is 1.00. The van der Waals surface area contributed by atoms with Crippen molar-refractivity contribution < 1.29 is 14.9 Å². The number of benzene rings is 1. The van der Waals surface area contributed by atoms with Gasteiger partial charge in [-0.3, -0.25) is 0 Å². The maximum absolute atomic E-state index is 9.28. The number of aliphatic hydroxyl groups is 1. The lowest BCUT2D eigenvalue weighted by Gasteiger charge is -2.08. The van der Waals surface area contributed by atoms with Gasteiger partial charge in [0.1, 0.15) is 11.5 Å². The Balaban J connectivity index is 3.00. The molecule has 0 atom stereocenters. The molecular weight excluding hydrogens is 156 g/mol. The Bertz CT molecular complexity index is 258. The highest BCUT2D eigenvalue weighted by atomic mass is 16.5. The van der Waals surface area contributed by atoms with Crippen molar-refractivity contribution >= 4 is 0 Å². The largest absolute Gasteiger partial charge is 0.507 e. The molecular formula is C9H12O3.